The number of nitrogens with zero attached hydrogens (tertiary/aromatic N) is 2. The van der Waals surface area contributed by atoms with E-state index in [0.717, 1.165) is 25.9 Å². The molecule has 1 aromatic rings. The molecule has 0 aliphatic carbocycles. The lowest BCUT2D eigenvalue weighted by molar-refractivity contribution is 0.0656. The van der Waals surface area contributed by atoms with Crippen LogP contribution in [-0.2, 0) is 10.0 Å². The molecule has 1 unspecified atom stereocenters. The molecule has 2 fully saturated rings. The zero-order valence-electron chi connectivity index (χ0n) is 10.9. The lowest BCUT2D eigenvalue weighted by Crippen LogP contribution is -2.51. The first kappa shape index (κ1) is 13.6. The standard InChI is InChI=1S/C12H16N2O5S/c15-12(16)10-3-4-11(19-10)20(17,18)14-7-6-13-5-1-2-9(13)8-14/h3-4,9H,1-2,5-8H2,(H,15,16). The Morgan fingerprint density at radius 2 is 2.10 bits per heavy atom. The number of rotatable bonds is 3. The largest absolute Gasteiger partial charge is 0.475 e. The van der Waals surface area contributed by atoms with Gasteiger partial charge in [-0.2, -0.15) is 4.31 Å². The second kappa shape index (κ2) is 4.87. The SMILES string of the molecule is O=C(O)c1ccc(S(=O)(=O)N2CCN3CCCC3C2)o1. The van der Waals surface area contributed by atoms with Crippen LogP contribution in [0.25, 0.3) is 0 Å². The second-order valence-electron chi connectivity index (χ2n) is 5.12. The summed E-state index contributed by atoms with van der Waals surface area (Å²) in [7, 11) is -3.74. The van der Waals surface area contributed by atoms with E-state index in [1.165, 1.54) is 16.4 Å². The fraction of sp³-hybridized carbons (Fsp3) is 0.583. The van der Waals surface area contributed by atoms with Crippen LogP contribution in [0.1, 0.15) is 23.4 Å². The Morgan fingerprint density at radius 3 is 2.80 bits per heavy atom. The van der Waals surface area contributed by atoms with Crippen molar-refractivity contribution in [1.29, 1.82) is 0 Å². The molecule has 2 saturated heterocycles. The number of carbonyl (C=O) groups is 1. The van der Waals surface area contributed by atoms with Crippen LogP contribution >= 0.6 is 0 Å². The van der Waals surface area contributed by atoms with Gasteiger partial charge < -0.3 is 9.52 Å². The molecule has 2 aliphatic rings. The highest BCUT2D eigenvalue weighted by molar-refractivity contribution is 7.89. The van der Waals surface area contributed by atoms with Gasteiger partial charge in [-0.25, -0.2) is 13.2 Å². The van der Waals surface area contributed by atoms with Gasteiger partial charge in [-0.05, 0) is 31.5 Å². The van der Waals surface area contributed by atoms with Crippen LogP contribution in [-0.4, -0.2) is 60.9 Å². The summed E-state index contributed by atoms with van der Waals surface area (Å²) in [5, 5.41) is 8.50. The van der Waals surface area contributed by atoms with Crippen LogP contribution in [0, 0.1) is 0 Å². The quantitative estimate of drug-likeness (QED) is 0.871. The van der Waals surface area contributed by atoms with Crippen molar-refractivity contribution in [3.63, 3.8) is 0 Å². The smallest absolute Gasteiger partial charge is 0.371 e. The van der Waals surface area contributed by atoms with E-state index in [0.29, 0.717) is 13.1 Å². The lowest BCUT2D eigenvalue weighted by atomic mass is 10.2. The zero-order chi connectivity index (χ0) is 14.3. The highest BCUT2D eigenvalue weighted by Crippen LogP contribution is 2.26. The number of hydrogen-bond acceptors (Lipinski definition) is 5. The molecule has 0 spiro atoms. The topological polar surface area (TPSA) is 91.1 Å². The molecule has 0 saturated carbocycles. The maximum absolute atomic E-state index is 12.4. The van der Waals surface area contributed by atoms with Crippen LogP contribution in [0.3, 0.4) is 0 Å². The summed E-state index contributed by atoms with van der Waals surface area (Å²) in [6, 6.07) is 2.65. The number of piperazine rings is 1. The molecule has 7 nitrogen and oxygen atoms in total. The summed E-state index contributed by atoms with van der Waals surface area (Å²) in [6.45, 7) is 2.62. The third-order valence-corrected chi connectivity index (χ3v) is 5.68. The maximum atomic E-state index is 12.4. The molecule has 20 heavy (non-hydrogen) atoms. The fourth-order valence-electron chi connectivity index (χ4n) is 2.88. The average molecular weight is 300 g/mol. The molecule has 3 heterocycles. The van der Waals surface area contributed by atoms with Gasteiger partial charge in [0.1, 0.15) is 0 Å². The van der Waals surface area contributed by atoms with Gasteiger partial charge in [0.15, 0.2) is 0 Å². The monoisotopic (exact) mass is 300 g/mol. The van der Waals surface area contributed by atoms with Crippen molar-refractivity contribution in [3.05, 3.63) is 17.9 Å². The molecule has 0 radical (unpaired) electrons. The highest BCUT2D eigenvalue weighted by atomic mass is 32.2. The van der Waals surface area contributed by atoms with Crippen molar-refractivity contribution < 1.29 is 22.7 Å². The molecule has 0 aromatic carbocycles. The summed E-state index contributed by atoms with van der Waals surface area (Å²) in [5.41, 5.74) is 0. The summed E-state index contributed by atoms with van der Waals surface area (Å²) < 4.78 is 31.2. The number of sulfonamides is 1. The van der Waals surface area contributed by atoms with Crippen LogP contribution in [0.15, 0.2) is 21.6 Å². The second-order valence-corrected chi connectivity index (χ2v) is 6.99. The first-order chi connectivity index (χ1) is 9.48. The van der Waals surface area contributed by atoms with Crippen molar-refractivity contribution in [2.75, 3.05) is 26.2 Å². The number of carboxylic acid groups (broad SMARTS) is 1. The van der Waals surface area contributed by atoms with E-state index in [2.05, 4.69) is 4.90 Å². The molecule has 1 atom stereocenters. The molecular weight excluding hydrogens is 284 g/mol. The zero-order valence-corrected chi connectivity index (χ0v) is 11.7. The maximum Gasteiger partial charge on any atom is 0.371 e. The minimum Gasteiger partial charge on any atom is -0.475 e. The highest BCUT2D eigenvalue weighted by Gasteiger charge is 2.37. The van der Waals surface area contributed by atoms with Gasteiger partial charge in [-0.15, -0.1) is 0 Å². The molecule has 1 aromatic heterocycles. The van der Waals surface area contributed by atoms with E-state index in [-0.39, 0.29) is 16.9 Å². The molecule has 1 N–H and O–H groups in total. The Hall–Kier alpha value is -1.38. The van der Waals surface area contributed by atoms with Gasteiger partial charge in [-0.1, -0.05) is 0 Å². The number of fused-ring (bicyclic) bond motifs is 1. The molecular formula is C12H16N2O5S. The molecule has 3 rings (SSSR count). The van der Waals surface area contributed by atoms with E-state index >= 15 is 0 Å². The Bertz CT molecular complexity index is 624. The summed E-state index contributed by atoms with van der Waals surface area (Å²) in [5.74, 6) is -1.63. The number of hydrogen-bond donors (Lipinski definition) is 1. The van der Waals surface area contributed by atoms with Crippen molar-refractivity contribution in [1.82, 2.24) is 9.21 Å². The normalized spacial score (nSPS) is 24.7. The van der Waals surface area contributed by atoms with Crippen LogP contribution in [0.5, 0.6) is 0 Å². The molecule has 110 valence electrons. The Balaban J connectivity index is 1.82. The first-order valence-electron chi connectivity index (χ1n) is 6.56. The van der Waals surface area contributed by atoms with Gasteiger partial charge in [0.05, 0.1) is 0 Å². The summed E-state index contributed by atoms with van der Waals surface area (Å²) in [4.78, 5) is 13.1. The molecule has 8 heteroatoms. The van der Waals surface area contributed by atoms with Crippen molar-refractivity contribution in [3.8, 4) is 0 Å². The van der Waals surface area contributed by atoms with Crippen LogP contribution < -0.4 is 0 Å². The van der Waals surface area contributed by atoms with Gasteiger partial charge in [0.25, 0.3) is 10.0 Å². The third kappa shape index (κ3) is 2.23. The van der Waals surface area contributed by atoms with Gasteiger partial charge in [0.2, 0.25) is 10.9 Å². The first-order valence-corrected chi connectivity index (χ1v) is 8.00. The van der Waals surface area contributed by atoms with Crippen molar-refractivity contribution in [2.45, 2.75) is 24.0 Å². The van der Waals surface area contributed by atoms with E-state index in [4.69, 9.17) is 9.52 Å². The van der Waals surface area contributed by atoms with E-state index in [1.807, 2.05) is 0 Å². The van der Waals surface area contributed by atoms with Crippen molar-refractivity contribution >= 4 is 16.0 Å². The molecule has 0 bridgehead atoms. The van der Waals surface area contributed by atoms with E-state index in [1.54, 1.807) is 0 Å². The Labute approximate surface area is 116 Å². The minimum absolute atomic E-state index is 0.271. The fourth-order valence-corrected chi connectivity index (χ4v) is 4.26. The van der Waals surface area contributed by atoms with Gasteiger partial charge in [0, 0.05) is 25.7 Å². The number of aromatic carboxylic acids is 1. The van der Waals surface area contributed by atoms with E-state index in [9.17, 15) is 13.2 Å². The Kier molecular flexibility index (Phi) is 3.31. The predicted molar refractivity (Wildman–Crippen MR) is 69.0 cm³/mol. The number of furan rings is 1. The lowest BCUT2D eigenvalue weighted by Gasteiger charge is -2.36. The van der Waals surface area contributed by atoms with Crippen LogP contribution in [0.2, 0.25) is 0 Å². The molecule has 2 aliphatic heterocycles. The average Bonchev–Trinajstić information content (AvgIpc) is 3.07. The predicted octanol–water partition coefficient (Wildman–Crippen LogP) is 0.447. The molecule has 0 amide bonds. The summed E-state index contributed by atoms with van der Waals surface area (Å²) in [6.07, 6.45) is 2.10. The Morgan fingerprint density at radius 1 is 1.30 bits per heavy atom. The van der Waals surface area contributed by atoms with E-state index < -0.39 is 16.0 Å². The van der Waals surface area contributed by atoms with Gasteiger partial charge in [-0.3, -0.25) is 4.90 Å². The minimum atomic E-state index is -3.74. The third-order valence-electron chi connectivity index (χ3n) is 3.94. The van der Waals surface area contributed by atoms with Gasteiger partial charge >= 0.3 is 5.97 Å². The van der Waals surface area contributed by atoms with Crippen LogP contribution in [0.4, 0.5) is 0 Å². The summed E-state index contributed by atoms with van der Waals surface area (Å²) >= 11 is 0. The van der Waals surface area contributed by atoms with Crippen molar-refractivity contribution in [2.24, 2.45) is 0 Å². The number of carboxylic acids is 1.